The van der Waals surface area contributed by atoms with E-state index in [-0.39, 0.29) is 5.82 Å². The summed E-state index contributed by atoms with van der Waals surface area (Å²) in [5.41, 5.74) is 7.91. The predicted molar refractivity (Wildman–Crippen MR) is 85.7 cm³/mol. The van der Waals surface area contributed by atoms with Crippen molar-refractivity contribution in [2.75, 3.05) is 6.54 Å². The number of benzene rings is 2. The fourth-order valence-electron chi connectivity index (χ4n) is 2.22. The molecule has 0 unspecified atom stereocenters. The summed E-state index contributed by atoms with van der Waals surface area (Å²) in [6.07, 6.45) is 0.707. The number of hydrogen-bond donors (Lipinski definition) is 1. The summed E-state index contributed by atoms with van der Waals surface area (Å²) in [7, 11) is 0. The molecule has 2 nitrogen and oxygen atoms in total. The molecule has 0 spiro atoms. The Kier molecular flexibility index (Phi) is 4.08. The molecule has 3 aromatic rings. The molecule has 2 N–H and O–H groups in total. The maximum Gasteiger partial charge on any atom is 0.132 e. The summed E-state index contributed by atoms with van der Waals surface area (Å²) >= 11 is 1.58. The van der Waals surface area contributed by atoms with E-state index in [1.165, 1.54) is 6.07 Å². The van der Waals surface area contributed by atoms with E-state index in [1.807, 2.05) is 36.4 Å². The molecule has 0 saturated carbocycles. The Morgan fingerprint density at radius 2 is 1.71 bits per heavy atom. The van der Waals surface area contributed by atoms with Crippen molar-refractivity contribution in [2.45, 2.75) is 6.42 Å². The molecule has 4 heteroatoms. The van der Waals surface area contributed by atoms with Gasteiger partial charge in [0.1, 0.15) is 5.82 Å². The highest BCUT2D eigenvalue weighted by atomic mass is 32.1. The van der Waals surface area contributed by atoms with E-state index < -0.39 is 0 Å². The van der Waals surface area contributed by atoms with Gasteiger partial charge in [0.05, 0.1) is 15.6 Å². The van der Waals surface area contributed by atoms with Gasteiger partial charge in [-0.1, -0.05) is 42.5 Å². The van der Waals surface area contributed by atoms with E-state index in [9.17, 15) is 4.39 Å². The lowest BCUT2D eigenvalue weighted by Gasteiger charge is -2.03. The van der Waals surface area contributed by atoms with Crippen LogP contribution in [0.3, 0.4) is 0 Å². The molecule has 0 radical (unpaired) electrons. The van der Waals surface area contributed by atoms with E-state index in [2.05, 4.69) is 4.98 Å². The van der Waals surface area contributed by atoms with E-state index in [0.29, 0.717) is 24.2 Å². The number of halogens is 1. The van der Waals surface area contributed by atoms with Crippen molar-refractivity contribution in [1.29, 1.82) is 0 Å². The predicted octanol–water partition coefficient (Wildman–Crippen LogP) is 4.12. The highest BCUT2D eigenvalue weighted by Crippen LogP contribution is 2.37. The standard InChI is InChI=1S/C17H15FN2S/c18-14-9-5-4-8-13(14)16-17(12-6-2-1-3-7-12)21-15(20-16)10-11-19/h1-9H,10-11,19H2. The van der Waals surface area contributed by atoms with Gasteiger partial charge in [-0.05, 0) is 24.2 Å². The molecule has 0 fully saturated rings. The maximum atomic E-state index is 14.1. The van der Waals surface area contributed by atoms with Crippen molar-refractivity contribution in [3.05, 3.63) is 65.4 Å². The molecule has 0 aliphatic heterocycles. The minimum absolute atomic E-state index is 0.251. The zero-order valence-electron chi connectivity index (χ0n) is 11.4. The van der Waals surface area contributed by atoms with Crippen LogP contribution in [0.25, 0.3) is 21.7 Å². The first-order valence-electron chi connectivity index (χ1n) is 6.79. The van der Waals surface area contributed by atoms with Gasteiger partial charge in [-0.3, -0.25) is 0 Å². The van der Waals surface area contributed by atoms with Crippen molar-refractivity contribution in [3.8, 4) is 21.7 Å². The van der Waals surface area contributed by atoms with Gasteiger partial charge in [0, 0.05) is 12.0 Å². The summed E-state index contributed by atoms with van der Waals surface area (Å²) in [4.78, 5) is 5.60. The van der Waals surface area contributed by atoms with Crippen LogP contribution < -0.4 is 5.73 Å². The van der Waals surface area contributed by atoms with Crippen molar-refractivity contribution in [1.82, 2.24) is 4.98 Å². The van der Waals surface area contributed by atoms with Gasteiger partial charge < -0.3 is 5.73 Å². The lowest BCUT2D eigenvalue weighted by Crippen LogP contribution is -2.02. The highest BCUT2D eigenvalue weighted by Gasteiger charge is 2.16. The quantitative estimate of drug-likeness (QED) is 0.787. The van der Waals surface area contributed by atoms with Crippen LogP contribution in [-0.4, -0.2) is 11.5 Å². The Balaban J connectivity index is 2.17. The van der Waals surface area contributed by atoms with Crippen molar-refractivity contribution < 1.29 is 4.39 Å². The van der Waals surface area contributed by atoms with Gasteiger partial charge in [0.15, 0.2) is 0 Å². The zero-order chi connectivity index (χ0) is 14.7. The molecule has 0 saturated heterocycles. The highest BCUT2D eigenvalue weighted by molar-refractivity contribution is 7.15. The monoisotopic (exact) mass is 298 g/mol. The fourth-order valence-corrected chi connectivity index (χ4v) is 3.31. The minimum atomic E-state index is -0.251. The number of thiazole rings is 1. The number of rotatable bonds is 4. The Bertz CT molecular complexity index is 738. The lowest BCUT2D eigenvalue weighted by atomic mass is 10.1. The summed E-state index contributed by atoms with van der Waals surface area (Å²) in [5.74, 6) is -0.251. The van der Waals surface area contributed by atoms with Crippen LogP contribution in [0.1, 0.15) is 5.01 Å². The van der Waals surface area contributed by atoms with Crippen LogP contribution in [0.15, 0.2) is 54.6 Å². The second-order valence-electron chi connectivity index (χ2n) is 4.67. The maximum absolute atomic E-state index is 14.1. The molecular formula is C17H15FN2S. The Labute approximate surface area is 127 Å². The topological polar surface area (TPSA) is 38.9 Å². The normalized spacial score (nSPS) is 10.8. The zero-order valence-corrected chi connectivity index (χ0v) is 12.2. The van der Waals surface area contributed by atoms with Gasteiger partial charge >= 0.3 is 0 Å². The second-order valence-corrected chi connectivity index (χ2v) is 5.75. The molecule has 0 aliphatic rings. The summed E-state index contributed by atoms with van der Waals surface area (Å²) in [6, 6.07) is 16.7. The molecule has 0 aliphatic carbocycles. The first-order chi connectivity index (χ1) is 10.3. The second kappa shape index (κ2) is 6.16. The molecule has 106 valence electrons. The fraction of sp³-hybridized carbons (Fsp3) is 0.118. The van der Waals surface area contributed by atoms with E-state index >= 15 is 0 Å². The average Bonchev–Trinajstić information content (AvgIpc) is 2.93. The molecule has 3 rings (SSSR count). The summed E-state index contributed by atoms with van der Waals surface area (Å²) < 4.78 is 14.1. The number of aromatic nitrogens is 1. The van der Waals surface area contributed by atoms with Crippen LogP contribution in [0.4, 0.5) is 4.39 Å². The molecule has 0 amide bonds. The van der Waals surface area contributed by atoms with E-state index in [0.717, 1.165) is 15.4 Å². The molecule has 1 heterocycles. The van der Waals surface area contributed by atoms with E-state index in [1.54, 1.807) is 23.5 Å². The molecule has 0 bridgehead atoms. The van der Waals surface area contributed by atoms with Crippen LogP contribution in [0, 0.1) is 5.82 Å². The SMILES string of the molecule is NCCc1nc(-c2ccccc2F)c(-c2ccccc2)s1. The Morgan fingerprint density at radius 1 is 1.00 bits per heavy atom. The van der Waals surface area contributed by atoms with Crippen LogP contribution in [0.5, 0.6) is 0 Å². The average molecular weight is 298 g/mol. The molecule has 0 atom stereocenters. The van der Waals surface area contributed by atoms with Crippen LogP contribution in [-0.2, 0) is 6.42 Å². The van der Waals surface area contributed by atoms with E-state index in [4.69, 9.17) is 5.73 Å². The lowest BCUT2D eigenvalue weighted by molar-refractivity contribution is 0.631. The number of nitrogens with zero attached hydrogens (tertiary/aromatic N) is 1. The van der Waals surface area contributed by atoms with Crippen LogP contribution in [0.2, 0.25) is 0 Å². The molecule has 21 heavy (non-hydrogen) atoms. The first-order valence-corrected chi connectivity index (χ1v) is 7.61. The third-order valence-electron chi connectivity index (χ3n) is 3.19. The van der Waals surface area contributed by atoms with Crippen LogP contribution >= 0.6 is 11.3 Å². The smallest absolute Gasteiger partial charge is 0.132 e. The third-order valence-corrected chi connectivity index (χ3v) is 4.36. The Hall–Kier alpha value is -2.04. The van der Waals surface area contributed by atoms with Gasteiger partial charge in [-0.15, -0.1) is 11.3 Å². The van der Waals surface area contributed by atoms with Crippen molar-refractivity contribution in [3.63, 3.8) is 0 Å². The number of nitrogens with two attached hydrogens (primary N) is 1. The molecule has 2 aromatic carbocycles. The summed E-state index contributed by atoms with van der Waals surface area (Å²) in [5, 5.41) is 0.939. The Morgan fingerprint density at radius 3 is 2.43 bits per heavy atom. The van der Waals surface area contributed by atoms with Gasteiger partial charge in [-0.25, -0.2) is 9.37 Å². The first kappa shape index (κ1) is 13.9. The largest absolute Gasteiger partial charge is 0.330 e. The van der Waals surface area contributed by atoms with Gasteiger partial charge in [-0.2, -0.15) is 0 Å². The number of hydrogen-bond acceptors (Lipinski definition) is 3. The van der Waals surface area contributed by atoms with Gasteiger partial charge in [0.2, 0.25) is 0 Å². The molecule has 1 aromatic heterocycles. The minimum Gasteiger partial charge on any atom is -0.330 e. The van der Waals surface area contributed by atoms with Gasteiger partial charge in [0.25, 0.3) is 0 Å². The summed E-state index contributed by atoms with van der Waals surface area (Å²) in [6.45, 7) is 0.540. The molecular weight excluding hydrogens is 283 g/mol. The van der Waals surface area contributed by atoms with Crippen molar-refractivity contribution >= 4 is 11.3 Å². The third kappa shape index (κ3) is 2.86. The van der Waals surface area contributed by atoms with Crippen molar-refractivity contribution in [2.24, 2.45) is 5.73 Å².